The predicted octanol–water partition coefficient (Wildman–Crippen LogP) is 1.15. The summed E-state index contributed by atoms with van der Waals surface area (Å²) in [7, 11) is 0. The van der Waals surface area contributed by atoms with Gasteiger partial charge in [0.1, 0.15) is 0 Å². The maximum atomic E-state index is 8.80. The van der Waals surface area contributed by atoms with Crippen molar-refractivity contribution in [2.45, 2.75) is 45.2 Å². The predicted molar refractivity (Wildman–Crippen MR) is 46.5 cm³/mol. The molecule has 2 nitrogen and oxygen atoms in total. The molecule has 1 aliphatic carbocycles. The molecule has 1 rings (SSSR count). The molecule has 3 atom stereocenters. The first-order valence-corrected chi connectivity index (χ1v) is 4.59. The Balaban J connectivity index is 2.17. The van der Waals surface area contributed by atoms with Crippen LogP contribution in [0, 0.1) is 5.92 Å². The van der Waals surface area contributed by atoms with Crippen LogP contribution >= 0.6 is 0 Å². The van der Waals surface area contributed by atoms with E-state index in [1.54, 1.807) is 0 Å². The highest BCUT2D eigenvalue weighted by molar-refractivity contribution is 4.80. The second-order valence-electron chi connectivity index (χ2n) is 3.87. The van der Waals surface area contributed by atoms with Crippen LogP contribution in [0.4, 0.5) is 0 Å². The zero-order chi connectivity index (χ0) is 8.27. The van der Waals surface area contributed by atoms with Gasteiger partial charge in [0.25, 0.3) is 0 Å². The van der Waals surface area contributed by atoms with E-state index in [0.717, 1.165) is 5.92 Å². The number of hydrogen-bond acceptors (Lipinski definition) is 2. The Hall–Kier alpha value is -0.0800. The van der Waals surface area contributed by atoms with Crippen molar-refractivity contribution in [1.29, 1.82) is 0 Å². The van der Waals surface area contributed by atoms with Crippen LogP contribution in [0.2, 0.25) is 0 Å². The van der Waals surface area contributed by atoms with Gasteiger partial charge in [-0.1, -0.05) is 6.92 Å². The monoisotopic (exact) mass is 157 g/mol. The van der Waals surface area contributed by atoms with Crippen LogP contribution in [0.25, 0.3) is 0 Å². The smallest absolute Gasteiger partial charge is 0.0582 e. The summed E-state index contributed by atoms with van der Waals surface area (Å²) in [5.41, 5.74) is 0. The third-order valence-electron chi connectivity index (χ3n) is 2.49. The summed E-state index contributed by atoms with van der Waals surface area (Å²) in [4.78, 5) is 0. The fraction of sp³-hybridized carbons (Fsp3) is 1.00. The van der Waals surface area contributed by atoms with Crippen molar-refractivity contribution in [2.24, 2.45) is 5.92 Å². The summed E-state index contributed by atoms with van der Waals surface area (Å²) in [6, 6.07) is 0.928. The van der Waals surface area contributed by atoms with Gasteiger partial charge in [-0.15, -0.1) is 0 Å². The molecule has 66 valence electrons. The van der Waals surface area contributed by atoms with Crippen LogP contribution in [0.5, 0.6) is 0 Å². The summed E-state index contributed by atoms with van der Waals surface area (Å²) in [6.45, 7) is 4.58. The van der Waals surface area contributed by atoms with Gasteiger partial charge in [-0.25, -0.2) is 0 Å². The van der Waals surface area contributed by atoms with Crippen LogP contribution in [0.3, 0.4) is 0 Å². The van der Waals surface area contributed by atoms with Crippen molar-refractivity contribution >= 4 is 0 Å². The number of aliphatic hydroxyl groups excluding tert-OH is 1. The van der Waals surface area contributed by atoms with Gasteiger partial charge in [0.05, 0.1) is 6.61 Å². The molecular weight excluding hydrogens is 138 g/mol. The van der Waals surface area contributed by atoms with Crippen molar-refractivity contribution in [3.63, 3.8) is 0 Å². The first-order valence-electron chi connectivity index (χ1n) is 4.59. The quantitative estimate of drug-likeness (QED) is 0.644. The van der Waals surface area contributed by atoms with Crippen LogP contribution in [-0.2, 0) is 0 Å². The van der Waals surface area contributed by atoms with Gasteiger partial charge in [-0.3, -0.25) is 0 Å². The lowest BCUT2D eigenvalue weighted by molar-refractivity contribution is 0.240. The summed E-state index contributed by atoms with van der Waals surface area (Å²) >= 11 is 0. The molecule has 0 amide bonds. The van der Waals surface area contributed by atoms with Gasteiger partial charge < -0.3 is 10.4 Å². The molecule has 0 radical (unpaired) electrons. The molecule has 0 heterocycles. The first kappa shape index (κ1) is 9.01. The van der Waals surface area contributed by atoms with E-state index < -0.39 is 0 Å². The first-order chi connectivity index (χ1) is 5.22. The zero-order valence-corrected chi connectivity index (χ0v) is 7.51. The molecule has 11 heavy (non-hydrogen) atoms. The van der Waals surface area contributed by atoms with E-state index in [4.69, 9.17) is 5.11 Å². The SMILES string of the molecule is C[C@@H]1CC[C@H](N[C@@H](C)CO)C1. The Morgan fingerprint density at radius 1 is 1.55 bits per heavy atom. The summed E-state index contributed by atoms with van der Waals surface area (Å²) < 4.78 is 0. The molecule has 2 N–H and O–H groups in total. The number of rotatable bonds is 3. The Kier molecular flexibility index (Phi) is 3.34. The molecule has 0 aromatic rings. The van der Waals surface area contributed by atoms with E-state index in [-0.39, 0.29) is 12.6 Å². The third-order valence-corrected chi connectivity index (χ3v) is 2.49. The average Bonchev–Trinajstić information content (AvgIpc) is 2.35. The lowest BCUT2D eigenvalue weighted by Gasteiger charge is -2.16. The fourth-order valence-corrected chi connectivity index (χ4v) is 1.81. The molecule has 0 saturated heterocycles. The van der Waals surface area contributed by atoms with E-state index in [2.05, 4.69) is 12.2 Å². The van der Waals surface area contributed by atoms with E-state index in [1.807, 2.05) is 6.92 Å². The Labute approximate surface area is 69.0 Å². The van der Waals surface area contributed by atoms with E-state index in [1.165, 1.54) is 19.3 Å². The highest BCUT2D eigenvalue weighted by Gasteiger charge is 2.21. The molecule has 0 aliphatic heterocycles. The minimum atomic E-state index is 0.255. The van der Waals surface area contributed by atoms with Gasteiger partial charge in [-0.05, 0) is 32.1 Å². The van der Waals surface area contributed by atoms with Gasteiger partial charge in [0, 0.05) is 12.1 Å². The molecular formula is C9H19NO. The molecule has 1 fully saturated rings. The molecule has 0 spiro atoms. The molecule has 0 bridgehead atoms. The maximum absolute atomic E-state index is 8.80. The van der Waals surface area contributed by atoms with Gasteiger partial charge in [0.2, 0.25) is 0 Å². The van der Waals surface area contributed by atoms with Gasteiger partial charge in [0.15, 0.2) is 0 Å². The molecule has 1 saturated carbocycles. The maximum Gasteiger partial charge on any atom is 0.0582 e. The standard InChI is InChI=1S/C9H19NO/c1-7-3-4-9(5-7)10-8(2)6-11/h7-11H,3-6H2,1-2H3/t7-,8+,9+/m1/s1. The molecule has 0 unspecified atom stereocenters. The van der Waals surface area contributed by atoms with Crippen LogP contribution in [0.1, 0.15) is 33.1 Å². The highest BCUT2D eigenvalue weighted by Crippen LogP contribution is 2.24. The topological polar surface area (TPSA) is 32.3 Å². The van der Waals surface area contributed by atoms with Crippen LogP contribution in [-0.4, -0.2) is 23.8 Å². The molecule has 2 heteroatoms. The average molecular weight is 157 g/mol. The number of hydrogen-bond donors (Lipinski definition) is 2. The highest BCUT2D eigenvalue weighted by atomic mass is 16.3. The van der Waals surface area contributed by atoms with E-state index in [9.17, 15) is 0 Å². The Morgan fingerprint density at radius 3 is 2.73 bits per heavy atom. The second-order valence-corrected chi connectivity index (χ2v) is 3.87. The Morgan fingerprint density at radius 2 is 2.27 bits per heavy atom. The minimum Gasteiger partial charge on any atom is -0.395 e. The van der Waals surface area contributed by atoms with Crippen LogP contribution < -0.4 is 5.32 Å². The third kappa shape index (κ3) is 2.80. The fourth-order valence-electron chi connectivity index (χ4n) is 1.81. The largest absolute Gasteiger partial charge is 0.395 e. The summed E-state index contributed by atoms with van der Waals surface area (Å²) in [6.07, 6.45) is 3.91. The summed E-state index contributed by atoms with van der Waals surface area (Å²) in [5, 5.41) is 12.2. The van der Waals surface area contributed by atoms with Crippen molar-refractivity contribution in [2.75, 3.05) is 6.61 Å². The van der Waals surface area contributed by atoms with Crippen molar-refractivity contribution in [3.8, 4) is 0 Å². The number of aliphatic hydroxyl groups is 1. The zero-order valence-electron chi connectivity index (χ0n) is 7.51. The van der Waals surface area contributed by atoms with Crippen molar-refractivity contribution in [3.05, 3.63) is 0 Å². The molecule has 1 aliphatic rings. The normalized spacial score (nSPS) is 34.1. The van der Waals surface area contributed by atoms with Crippen LogP contribution in [0.15, 0.2) is 0 Å². The van der Waals surface area contributed by atoms with Crippen molar-refractivity contribution in [1.82, 2.24) is 5.32 Å². The second kappa shape index (κ2) is 4.07. The minimum absolute atomic E-state index is 0.255. The lowest BCUT2D eigenvalue weighted by Crippen LogP contribution is -2.37. The van der Waals surface area contributed by atoms with E-state index in [0.29, 0.717) is 6.04 Å². The van der Waals surface area contributed by atoms with E-state index >= 15 is 0 Å². The molecule has 0 aromatic heterocycles. The van der Waals surface area contributed by atoms with Gasteiger partial charge >= 0.3 is 0 Å². The van der Waals surface area contributed by atoms with Crippen molar-refractivity contribution < 1.29 is 5.11 Å². The lowest BCUT2D eigenvalue weighted by atomic mass is 10.1. The summed E-state index contributed by atoms with van der Waals surface area (Å²) in [5.74, 6) is 0.874. The Bertz CT molecular complexity index is 116. The van der Waals surface area contributed by atoms with Gasteiger partial charge in [-0.2, -0.15) is 0 Å². The number of nitrogens with one attached hydrogen (secondary N) is 1. The molecule has 0 aromatic carbocycles.